The molecule has 88 valence electrons. The third-order valence-electron chi connectivity index (χ3n) is 2.89. The fraction of sp³-hybridized carbons (Fsp3) is 0.500. The quantitative estimate of drug-likeness (QED) is 0.857. The lowest BCUT2D eigenvalue weighted by Crippen LogP contribution is -2.27. The van der Waals surface area contributed by atoms with Gasteiger partial charge in [0.05, 0.1) is 24.9 Å². The van der Waals surface area contributed by atoms with Crippen LogP contribution < -0.4 is 10.1 Å². The van der Waals surface area contributed by atoms with Crippen LogP contribution in [0.1, 0.15) is 13.3 Å². The minimum absolute atomic E-state index is 0.116. The predicted molar refractivity (Wildman–Crippen MR) is 60.4 cm³/mol. The smallest absolute Gasteiger partial charge is 0.146 e. The number of halogens is 1. The summed E-state index contributed by atoms with van der Waals surface area (Å²) in [7, 11) is 1.57. The van der Waals surface area contributed by atoms with Crippen LogP contribution in [0.2, 0.25) is 0 Å². The first-order valence-electron chi connectivity index (χ1n) is 5.42. The Morgan fingerprint density at radius 3 is 2.94 bits per heavy atom. The molecule has 2 rings (SSSR count). The summed E-state index contributed by atoms with van der Waals surface area (Å²) in [5.74, 6) is 0.385. The van der Waals surface area contributed by atoms with Gasteiger partial charge < -0.3 is 14.8 Å². The van der Waals surface area contributed by atoms with Gasteiger partial charge in [-0.05, 0) is 25.5 Å². The Morgan fingerprint density at radius 1 is 1.50 bits per heavy atom. The zero-order chi connectivity index (χ0) is 11.5. The molecule has 1 fully saturated rings. The molecule has 0 radical (unpaired) electrons. The maximum Gasteiger partial charge on any atom is 0.146 e. The maximum atomic E-state index is 13.5. The highest BCUT2D eigenvalue weighted by Crippen LogP contribution is 2.24. The molecule has 4 heteroatoms. The van der Waals surface area contributed by atoms with E-state index in [0.29, 0.717) is 11.4 Å². The van der Waals surface area contributed by atoms with Gasteiger partial charge in [0.15, 0.2) is 0 Å². The molecule has 1 heterocycles. The van der Waals surface area contributed by atoms with Crippen LogP contribution in [-0.2, 0) is 4.74 Å². The second kappa shape index (κ2) is 4.70. The van der Waals surface area contributed by atoms with Crippen LogP contribution in [0.3, 0.4) is 0 Å². The first-order chi connectivity index (χ1) is 7.70. The molecule has 0 amide bonds. The van der Waals surface area contributed by atoms with E-state index in [1.807, 2.05) is 6.92 Å². The van der Waals surface area contributed by atoms with Crippen molar-refractivity contribution in [1.29, 1.82) is 0 Å². The topological polar surface area (TPSA) is 30.5 Å². The van der Waals surface area contributed by atoms with Crippen molar-refractivity contribution in [3.63, 3.8) is 0 Å². The number of hydrogen-bond donors (Lipinski definition) is 1. The molecular formula is C12H16FNO2. The number of rotatable bonds is 3. The van der Waals surface area contributed by atoms with Crippen LogP contribution in [0, 0.1) is 5.82 Å². The third kappa shape index (κ3) is 2.27. The third-order valence-corrected chi connectivity index (χ3v) is 2.89. The van der Waals surface area contributed by atoms with Crippen LogP contribution >= 0.6 is 0 Å². The zero-order valence-corrected chi connectivity index (χ0v) is 9.50. The Morgan fingerprint density at radius 2 is 2.31 bits per heavy atom. The predicted octanol–water partition coefficient (Wildman–Crippen LogP) is 2.42. The van der Waals surface area contributed by atoms with Crippen LogP contribution in [-0.4, -0.2) is 25.9 Å². The molecule has 2 unspecified atom stereocenters. The van der Waals surface area contributed by atoms with Crippen LogP contribution in [0.25, 0.3) is 0 Å². The SMILES string of the molecule is COc1ccc(F)c(NC2CCOC2C)c1. The highest BCUT2D eigenvalue weighted by Gasteiger charge is 2.24. The van der Waals surface area contributed by atoms with E-state index in [0.717, 1.165) is 13.0 Å². The van der Waals surface area contributed by atoms with Crippen molar-refractivity contribution in [3.8, 4) is 5.75 Å². The molecule has 0 saturated carbocycles. The number of ether oxygens (including phenoxy) is 2. The monoisotopic (exact) mass is 225 g/mol. The van der Waals surface area contributed by atoms with Crippen molar-refractivity contribution >= 4 is 5.69 Å². The first-order valence-corrected chi connectivity index (χ1v) is 5.42. The highest BCUT2D eigenvalue weighted by molar-refractivity contribution is 5.50. The van der Waals surface area contributed by atoms with Crippen molar-refractivity contribution < 1.29 is 13.9 Å². The van der Waals surface area contributed by atoms with E-state index in [4.69, 9.17) is 9.47 Å². The normalized spacial score (nSPS) is 24.4. The maximum absolute atomic E-state index is 13.5. The number of nitrogens with one attached hydrogen (secondary N) is 1. The summed E-state index contributed by atoms with van der Waals surface area (Å²) < 4.78 is 24.0. The van der Waals surface area contributed by atoms with Crippen LogP contribution in [0.15, 0.2) is 18.2 Å². The Balaban J connectivity index is 2.13. The van der Waals surface area contributed by atoms with E-state index >= 15 is 0 Å². The molecule has 3 nitrogen and oxygen atoms in total. The average Bonchev–Trinajstić information content (AvgIpc) is 2.68. The Hall–Kier alpha value is -1.29. The summed E-state index contributed by atoms with van der Waals surface area (Å²) >= 11 is 0. The van der Waals surface area contributed by atoms with Crippen LogP contribution in [0.5, 0.6) is 5.75 Å². The van der Waals surface area contributed by atoms with Gasteiger partial charge in [-0.2, -0.15) is 0 Å². The van der Waals surface area contributed by atoms with E-state index < -0.39 is 0 Å². The fourth-order valence-corrected chi connectivity index (χ4v) is 1.86. The second-order valence-electron chi connectivity index (χ2n) is 3.96. The van der Waals surface area contributed by atoms with Crippen molar-refractivity contribution in [2.75, 3.05) is 19.0 Å². The lowest BCUT2D eigenvalue weighted by atomic mass is 10.1. The summed E-state index contributed by atoms with van der Waals surface area (Å²) in [6.45, 7) is 2.72. The Kier molecular flexibility index (Phi) is 3.29. The van der Waals surface area contributed by atoms with E-state index in [9.17, 15) is 4.39 Å². The standard InChI is InChI=1S/C12H16FNO2/c1-8-11(5-6-16-8)14-12-7-9(15-2)3-4-10(12)13/h3-4,7-8,11,14H,5-6H2,1-2H3. The number of methoxy groups -OCH3 is 1. The van der Waals surface area contributed by atoms with Gasteiger partial charge in [0.2, 0.25) is 0 Å². The molecule has 0 aromatic heterocycles. The van der Waals surface area contributed by atoms with E-state index in [-0.39, 0.29) is 18.0 Å². The molecule has 1 aliphatic rings. The lowest BCUT2D eigenvalue weighted by molar-refractivity contribution is 0.121. The lowest BCUT2D eigenvalue weighted by Gasteiger charge is -2.18. The fourth-order valence-electron chi connectivity index (χ4n) is 1.86. The Labute approximate surface area is 94.6 Å². The molecular weight excluding hydrogens is 209 g/mol. The van der Waals surface area contributed by atoms with E-state index in [1.54, 1.807) is 19.2 Å². The minimum atomic E-state index is -0.264. The van der Waals surface area contributed by atoms with Gasteiger partial charge >= 0.3 is 0 Å². The summed E-state index contributed by atoms with van der Waals surface area (Å²) in [6.07, 6.45) is 1.02. The van der Waals surface area contributed by atoms with E-state index in [2.05, 4.69) is 5.32 Å². The van der Waals surface area contributed by atoms with Crippen molar-refractivity contribution in [1.82, 2.24) is 0 Å². The average molecular weight is 225 g/mol. The molecule has 1 aliphatic heterocycles. The van der Waals surface area contributed by atoms with Gasteiger partial charge in [0.25, 0.3) is 0 Å². The van der Waals surface area contributed by atoms with Gasteiger partial charge in [-0.15, -0.1) is 0 Å². The molecule has 1 N–H and O–H groups in total. The summed E-state index contributed by atoms with van der Waals surface area (Å²) in [5.41, 5.74) is 0.474. The second-order valence-corrected chi connectivity index (χ2v) is 3.96. The molecule has 2 atom stereocenters. The number of hydrogen-bond acceptors (Lipinski definition) is 3. The molecule has 0 bridgehead atoms. The molecule has 1 aromatic carbocycles. The first kappa shape index (κ1) is 11.2. The van der Waals surface area contributed by atoms with Crippen molar-refractivity contribution in [3.05, 3.63) is 24.0 Å². The minimum Gasteiger partial charge on any atom is -0.497 e. The zero-order valence-electron chi connectivity index (χ0n) is 9.50. The molecule has 0 aliphatic carbocycles. The molecule has 16 heavy (non-hydrogen) atoms. The van der Waals surface area contributed by atoms with Gasteiger partial charge in [0.1, 0.15) is 11.6 Å². The molecule has 0 spiro atoms. The number of anilines is 1. The summed E-state index contributed by atoms with van der Waals surface area (Å²) in [6, 6.07) is 4.85. The molecule has 1 saturated heterocycles. The van der Waals surface area contributed by atoms with Crippen molar-refractivity contribution in [2.45, 2.75) is 25.5 Å². The largest absolute Gasteiger partial charge is 0.497 e. The van der Waals surface area contributed by atoms with Crippen molar-refractivity contribution in [2.24, 2.45) is 0 Å². The van der Waals surface area contributed by atoms with Gasteiger partial charge in [0, 0.05) is 12.7 Å². The Bertz CT molecular complexity index is 370. The molecule has 1 aromatic rings. The summed E-state index contributed by atoms with van der Waals surface area (Å²) in [4.78, 5) is 0. The highest BCUT2D eigenvalue weighted by atomic mass is 19.1. The van der Waals surface area contributed by atoms with E-state index in [1.165, 1.54) is 6.07 Å². The van der Waals surface area contributed by atoms with Crippen LogP contribution in [0.4, 0.5) is 10.1 Å². The van der Waals surface area contributed by atoms with Gasteiger partial charge in [-0.3, -0.25) is 0 Å². The number of benzene rings is 1. The van der Waals surface area contributed by atoms with Gasteiger partial charge in [-0.1, -0.05) is 0 Å². The van der Waals surface area contributed by atoms with Gasteiger partial charge in [-0.25, -0.2) is 4.39 Å². The summed E-state index contributed by atoms with van der Waals surface area (Å²) in [5, 5.41) is 3.15.